The van der Waals surface area contributed by atoms with Crippen molar-refractivity contribution in [3.8, 4) is 11.3 Å². The van der Waals surface area contributed by atoms with Crippen LogP contribution in [-0.4, -0.2) is 16.0 Å². The maximum absolute atomic E-state index is 13.7. The van der Waals surface area contributed by atoms with Gasteiger partial charge in [0.25, 0.3) is 5.91 Å². The van der Waals surface area contributed by atoms with Crippen LogP contribution in [0.4, 0.5) is 10.1 Å². The number of nitrogens with zero attached hydrogens (tertiary/aromatic N) is 2. The number of halogens is 1. The van der Waals surface area contributed by atoms with Gasteiger partial charge in [0.2, 0.25) is 0 Å². The van der Waals surface area contributed by atoms with E-state index in [-0.39, 0.29) is 5.91 Å². The first-order valence-electron chi connectivity index (χ1n) is 8.43. The van der Waals surface area contributed by atoms with Crippen LogP contribution in [0.15, 0.2) is 59.1 Å². The molecule has 1 amide bonds. The number of rotatable bonds is 3. The molecule has 0 aliphatic heterocycles. The van der Waals surface area contributed by atoms with E-state index in [0.717, 1.165) is 5.56 Å². The van der Waals surface area contributed by atoms with Gasteiger partial charge in [0, 0.05) is 16.6 Å². The zero-order valence-electron chi connectivity index (χ0n) is 14.8. The summed E-state index contributed by atoms with van der Waals surface area (Å²) in [6.07, 6.45) is 0. The quantitative estimate of drug-likeness (QED) is 0.564. The van der Waals surface area contributed by atoms with E-state index in [1.165, 1.54) is 12.1 Å². The van der Waals surface area contributed by atoms with Gasteiger partial charge in [-0.1, -0.05) is 35.5 Å². The number of aromatic nitrogens is 2. The van der Waals surface area contributed by atoms with Crippen LogP contribution < -0.4 is 5.32 Å². The molecule has 27 heavy (non-hydrogen) atoms. The molecule has 4 aromatic rings. The third kappa shape index (κ3) is 3.17. The molecular weight excluding hydrogens is 345 g/mol. The monoisotopic (exact) mass is 361 g/mol. The van der Waals surface area contributed by atoms with Crippen molar-refractivity contribution >= 4 is 22.5 Å². The largest absolute Gasteiger partial charge is 0.359 e. The Hall–Kier alpha value is -3.54. The highest BCUT2D eigenvalue weighted by molar-refractivity contribution is 6.13. The molecule has 2 aromatic carbocycles. The van der Waals surface area contributed by atoms with Gasteiger partial charge in [0.15, 0.2) is 5.76 Å². The van der Waals surface area contributed by atoms with Crippen molar-refractivity contribution in [2.75, 3.05) is 5.32 Å². The van der Waals surface area contributed by atoms with Gasteiger partial charge in [-0.2, -0.15) is 0 Å². The highest BCUT2D eigenvalue weighted by Gasteiger charge is 2.20. The fourth-order valence-corrected chi connectivity index (χ4v) is 3.01. The summed E-state index contributed by atoms with van der Waals surface area (Å²) < 4.78 is 19.0. The van der Waals surface area contributed by atoms with Crippen molar-refractivity contribution in [3.63, 3.8) is 0 Å². The number of anilines is 1. The van der Waals surface area contributed by atoms with Crippen LogP contribution in [0.1, 0.15) is 21.8 Å². The molecular formula is C21H16FN3O2. The lowest BCUT2D eigenvalue weighted by Crippen LogP contribution is -2.14. The summed E-state index contributed by atoms with van der Waals surface area (Å²) in [6, 6.07) is 15.3. The molecule has 4 rings (SSSR count). The van der Waals surface area contributed by atoms with E-state index < -0.39 is 5.82 Å². The minimum atomic E-state index is -0.423. The first kappa shape index (κ1) is 16.9. The zero-order valence-corrected chi connectivity index (χ0v) is 14.8. The third-order valence-corrected chi connectivity index (χ3v) is 4.29. The fourth-order valence-electron chi connectivity index (χ4n) is 3.01. The number of aryl methyl sites for hydroxylation is 2. The smallest absolute Gasteiger partial charge is 0.256 e. The number of hydrogen-bond donors (Lipinski definition) is 1. The Bertz CT molecular complexity index is 1150. The number of amides is 1. The number of nitrogens with one attached hydrogen (secondary N) is 1. The van der Waals surface area contributed by atoms with E-state index >= 15 is 0 Å². The predicted octanol–water partition coefficient (Wildman–Crippen LogP) is 4.90. The van der Waals surface area contributed by atoms with Crippen molar-refractivity contribution in [2.45, 2.75) is 13.8 Å². The van der Waals surface area contributed by atoms with Crippen LogP contribution in [0.3, 0.4) is 0 Å². The Balaban J connectivity index is 1.77. The van der Waals surface area contributed by atoms with Crippen molar-refractivity contribution in [3.05, 3.63) is 77.4 Å². The molecule has 0 spiro atoms. The number of fused-ring (bicyclic) bond motifs is 1. The van der Waals surface area contributed by atoms with Crippen LogP contribution in [-0.2, 0) is 0 Å². The molecule has 5 nitrogen and oxygen atoms in total. The van der Waals surface area contributed by atoms with E-state index in [2.05, 4.69) is 15.5 Å². The van der Waals surface area contributed by atoms with Crippen molar-refractivity contribution in [2.24, 2.45) is 0 Å². The van der Waals surface area contributed by atoms with Crippen LogP contribution in [0.5, 0.6) is 0 Å². The van der Waals surface area contributed by atoms with Crippen molar-refractivity contribution in [1.82, 2.24) is 10.1 Å². The summed E-state index contributed by atoms with van der Waals surface area (Å²) in [4.78, 5) is 17.4. The third-order valence-electron chi connectivity index (χ3n) is 4.29. The average Bonchev–Trinajstić information content (AvgIpc) is 3.02. The van der Waals surface area contributed by atoms with E-state index in [1.54, 1.807) is 26.0 Å². The first-order chi connectivity index (χ1) is 13.0. The molecule has 0 aliphatic rings. The van der Waals surface area contributed by atoms with Crippen LogP contribution in [0.2, 0.25) is 0 Å². The van der Waals surface area contributed by atoms with Gasteiger partial charge < -0.3 is 9.84 Å². The molecule has 2 aromatic heterocycles. The summed E-state index contributed by atoms with van der Waals surface area (Å²) in [5.74, 6) is -0.309. The van der Waals surface area contributed by atoms with Crippen molar-refractivity contribution < 1.29 is 13.7 Å². The number of pyridine rings is 1. The lowest BCUT2D eigenvalue weighted by molar-refractivity contribution is 0.102. The molecule has 0 saturated carbocycles. The Labute approximate surface area is 154 Å². The minimum absolute atomic E-state index is 0.344. The first-order valence-corrected chi connectivity index (χ1v) is 8.43. The predicted molar refractivity (Wildman–Crippen MR) is 101 cm³/mol. The number of hydrogen-bond acceptors (Lipinski definition) is 4. The van der Waals surface area contributed by atoms with Crippen LogP contribution in [0.25, 0.3) is 22.2 Å². The van der Waals surface area contributed by atoms with E-state index in [9.17, 15) is 9.18 Å². The molecule has 0 fully saturated rings. The van der Waals surface area contributed by atoms with Gasteiger partial charge in [0.05, 0.1) is 11.1 Å². The second-order valence-corrected chi connectivity index (χ2v) is 6.26. The SMILES string of the molecule is Cc1cc(C(=O)Nc2c(-c3ccccc3)noc2C)c2cc(F)ccc2n1. The van der Waals surface area contributed by atoms with Gasteiger partial charge in [-0.3, -0.25) is 9.78 Å². The standard InChI is InChI=1S/C21H16FN3O2/c1-12-10-17(16-11-15(22)8-9-18(16)23-12)21(26)24-19-13(2)27-25-20(19)14-6-4-3-5-7-14/h3-11H,1-2H3,(H,24,26). The van der Waals surface area contributed by atoms with Gasteiger partial charge in [-0.15, -0.1) is 0 Å². The van der Waals surface area contributed by atoms with Gasteiger partial charge in [-0.05, 0) is 38.1 Å². The Morgan fingerprint density at radius 3 is 2.63 bits per heavy atom. The number of carbonyl (C=O) groups is 1. The highest BCUT2D eigenvalue weighted by Crippen LogP contribution is 2.31. The lowest BCUT2D eigenvalue weighted by Gasteiger charge is -2.10. The molecule has 134 valence electrons. The molecule has 0 saturated heterocycles. The maximum atomic E-state index is 13.7. The summed E-state index contributed by atoms with van der Waals surface area (Å²) in [6.45, 7) is 3.52. The molecule has 6 heteroatoms. The summed E-state index contributed by atoms with van der Waals surface area (Å²) in [5.41, 5.74) is 3.44. The lowest BCUT2D eigenvalue weighted by atomic mass is 10.1. The number of carbonyl (C=O) groups excluding carboxylic acids is 1. The Morgan fingerprint density at radius 1 is 1.07 bits per heavy atom. The summed E-state index contributed by atoms with van der Waals surface area (Å²) >= 11 is 0. The van der Waals surface area contributed by atoms with Gasteiger partial charge in [0.1, 0.15) is 17.2 Å². The highest BCUT2D eigenvalue weighted by atomic mass is 19.1. The Morgan fingerprint density at radius 2 is 1.85 bits per heavy atom. The maximum Gasteiger partial charge on any atom is 0.256 e. The van der Waals surface area contributed by atoms with E-state index in [4.69, 9.17) is 4.52 Å². The molecule has 0 radical (unpaired) electrons. The second kappa shape index (κ2) is 6.64. The van der Waals surface area contributed by atoms with Gasteiger partial charge >= 0.3 is 0 Å². The Kier molecular flexibility index (Phi) is 4.16. The van der Waals surface area contributed by atoms with Crippen LogP contribution in [0, 0.1) is 19.7 Å². The molecule has 1 N–H and O–H groups in total. The summed E-state index contributed by atoms with van der Waals surface area (Å²) in [5, 5.41) is 7.38. The average molecular weight is 361 g/mol. The topological polar surface area (TPSA) is 68.0 Å². The number of benzene rings is 2. The zero-order chi connectivity index (χ0) is 19.0. The minimum Gasteiger partial charge on any atom is -0.359 e. The molecule has 0 atom stereocenters. The molecule has 0 aliphatic carbocycles. The van der Waals surface area contributed by atoms with Crippen molar-refractivity contribution in [1.29, 1.82) is 0 Å². The normalized spacial score (nSPS) is 10.9. The molecule has 0 unspecified atom stereocenters. The van der Waals surface area contributed by atoms with Gasteiger partial charge in [-0.25, -0.2) is 4.39 Å². The second-order valence-electron chi connectivity index (χ2n) is 6.26. The van der Waals surface area contributed by atoms with E-state index in [0.29, 0.717) is 39.3 Å². The molecule has 2 heterocycles. The van der Waals surface area contributed by atoms with E-state index in [1.807, 2.05) is 30.3 Å². The fraction of sp³-hybridized carbons (Fsp3) is 0.0952. The molecule has 0 bridgehead atoms. The summed E-state index contributed by atoms with van der Waals surface area (Å²) in [7, 11) is 0. The van der Waals surface area contributed by atoms with Crippen LogP contribution >= 0.6 is 0 Å².